The van der Waals surface area contributed by atoms with E-state index in [-0.39, 0.29) is 23.8 Å². The third-order valence-corrected chi connectivity index (χ3v) is 5.89. The molecule has 1 unspecified atom stereocenters. The monoisotopic (exact) mass is 345 g/mol. The molecule has 6 heteroatoms. The molecule has 6 nitrogen and oxygen atoms in total. The first kappa shape index (κ1) is 17.9. The van der Waals surface area contributed by atoms with Crippen LogP contribution in [0.1, 0.15) is 49.2 Å². The predicted octanol–water partition coefficient (Wildman–Crippen LogP) is 1.62. The van der Waals surface area contributed by atoms with Crippen LogP contribution in [0, 0.1) is 12.3 Å². The van der Waals surface area contributed by atoms with E-state index in [2.05, 4.69) is 4.98 Å². The Labute approximate surface area is 148 Å². The molecular weight excluding hydrogens is 318 g/mol. The van der Waals surface area contributed by atoms with E-state index in [9.17, 15) is 14.7 Å². The van der Waals surface area contributed by atoms with Gasteiger partial charge in [-0.1, -0.05) is 0 Å². The second kappa shape index (κ2) is 6.41. The first-order valence-electron chi connectivity index (χ1n) is 8.90. The minimum atomic E-state index is -0.487. The summed E-state index contributed by atoms with van der Waals surface area (Å²) in [5.74, 6) is 0.0337. The minimum absolute atomic E-state index is 0.00541. The Hall–Kier alpha value is -1.95. The van der Waals surface area contributed by atoms with E-state index in [4.69, 9.17) is 0 Å². The van der Waals surface area contributed by atoms with Crippen LogP contribution in [-0.2, 0) is 4.79 Å². The normalized spacial score (nSPS) is 25.4. The Balaban J connectivity index is 1.68. The summed E-state index contributed by atoms with van der Waals surface area (Å²) < 4.78 is 0. The van der Waals surface area contributed by atoms with Gasteiger partial charge in [-0.25, -0.2) is 0 Å². The average molecular weight is 345 g/mol. The van der Waals surface area contributed by atoms with Gasteiger partial charge >= 0.3 is 0 Å². The SMILES string of the molecule is CC(=O)N1CC2(CCN(C(=O)c3ccc(C)nc3)CC2)CC1(C)CO. The van der Waals surface area contributed by atoms with Crippen molar-refractivity contribution in [3.63, 3.8) is 0 Å². The number of aryl methyl sites for hydroxylation is 1. The molecule has 0 bridgehead atoms. The van der Waals surface area contributed by atoms with Gasteiger partial charge in [0.1, 0.15) is 0 Å². The molecule has 2 saturated heterocycles. The number of likely N-dealkylation sites (tertiary alicyclic amines) is 2. The summed E-state index contributed by atoms with van der Waals surface area (Å²) in [4.78, 5) is 32.5. The molecule has 0 radical (unpaired) electrons. The molecule has 1 N–H and O–H groups in total. The molecule has 2 amide bonds. The second-order valence-corrected chi connectivity index (χ2v) is 7.92. The van der Waals surface area contributed by atoms with Gasteiger partial charge in [0, 0.05) is 38.4 Å². The van der Waals surface area contributed by atoms with Crippen LogP contribution >= 0.6 is 0 Å². The highest BCUT2D eigenvalue weighted by Gasteiger charge is 2.52. The number of amides is 2. The quantitative estimate of drug-likeness (QED) is 0.884. The summed E-state index contributed by atoms with van der Waals surface area (Å²) in [5, 5.41) is 9.80. The fourth-order valence-corrected chi connectivity index (χ4v) is 4.41. The van der Waals surface area contributed by atoms with Gasteiger partial charge in [-0.05, 0) is 50.7 Å². The van der Waals surface area contributed by atoms with Crippen molar-refractivity contribution in [1.82, 2.24) is 14.8 Å². The number of aromatic nitrogens is 1. The summed E-state index contributed by atoms with van der Waals surface area (Å²) in [6.07, 6.45) is 4.15. The van der Waals surface area contributed by atoms with E-state index < -0.39 is 5.54 Å². The van der Waals surface area contributed by atoms with E-state index in [0.717, 1.165) is 25.0 Å². The Morgan fingerprint density at radius 3 is 2.44 bits per heavy atom. The fourth-order valence-electron chi connectivity index (χ4n) is 4.41. The smallest absolute Gasteiger partial charge is 0.255 e. The van der Waals surface area contributed by atoms with Crippen LogP contribution in [0.3, 0.4) is 0 Å². The van der Waals surface area contributed by atoms with Gasteiger partial charge in [0.05, 0.1) is 17.7 Å². The molecule has 3 heterocycles. The van der Waals surface area contributed by atoms with Gasteiger partial charge < -0.3 is 14.9 Å². The summed E-state index contributed by atoms with van der Waals surface area (Å²) in [6, 6.07) is 3.68. The van der Waals surface area contributed by atoms with Crippen LogP contribution in [0.15, 0.2) is 18.3 Å². The van der Waals surface area contributed by atoms with Gasteiger partial charge in [0.2, 0.25) is 5.91 Å². The standard InChI is InChI=1S/C19H27N3O3/c1-14-4-5-16(10-20-14)17(25)21-8-6-19(7-9-21)11-18(3,13-23)22(12-19)15(2)24/h4-5,10,23H,6-9,11-13H2,1-3H3. The number of pyridine rings is 1. The van der Waals surface area contributed by atoms with Crippen LogP contribution in [-0.4, -0.2) is 63.5 Å². The molecule has 2 fully saturated rings. The summed E-state index contributed by atoms with van der Waals surface area (Å²) in [5.41, 5.74) is 1.04. The summed E-state index contributed by atoms with van der Waals surface area (Å²) >= 11 is 0. The maximum atomic E-state index is 12.7. The maximum Gasteiger partial charge on any atom is 0.255 e. The average Bonchev–Trinajstić information content (AvgIpc) is 2.89. The molecule has 136 valence electrons. The summed E-state index contributed by atoms with van der Waals surface area (Å²) in [7, 11) is 0. The van der Waals surface area contributed by atoms with Crippen molar-refractivity contribution in [3.8, 4) is 0 Å². The number of piperidine rings is 1. The van der Waals surface area contributed by atoms with Gasteiger partial charge in [-0.2, -0.15) is 0 Å². The minimum Gasteiger partial charge on any atom is -0.394 e. The van der Waals surface area contributed by atoms with Crippen molar-refractivity contribution in [2.24, 2.45) is 5.41 Å². The van der Waals surface area contributed by atoms with Gasteiger partial charge in [0.15, 0.2) is 0 Å². The molecule has 2 aliphatic heterocycles. The number of hydrogen-bond donors (Lipinski definition) is 1. The van der Waals surface area contributed by atoms with Gasteiger partial charge in [0.25, 0.3) is 5.91 Å². The highest BCUT2D eigenvalue weighted by molar-refractivity contribution is 5.94. The van der Waals surface area contributed by atoms with Crippen molar-refractivity contribution in [2.45, 2.75) is 45.6 Å². The topological polar surface area (TPSA) is 73.7 Å². The van der Waals surface area contributed by atoms with Crippen molar-refractivity contribution in [2.75, 3.05) is 26.2 Å². The highest BCUT2D eigenvalue weighted by atomic mass is 16.3. The zero-order chi connectivity index (χ0) is 18.2. The zero-order valence-corrected chi connectivity index (χ0v) is 15.3. The Morgan fingerprint density at radius 2 is 1.96 bits per heavy atom. The Bertz CT molecular complexity index is 665. The lowest BCUT2D eigenvalue weighted by atomic mass is 9.74. The van der Waals surface area contributed by atoms with E-state index in [1.165, 1.54) is 0 Å². The lowest BCUT2D eigenvalue weighted by molar-refractivity contribution is -0.134. The number of carbonyl (C=O) groups is 2. The van der Waals surface area contributed by atoms with Crippen molar-refractivity contribution in [1.29, 1.82) is 0 Å². The van der Waals surface area contributed by atoms with E-state index in [1.54, 1.807) is 13.1 Å². The number of aliphatic hydroxyl groups excluding tert-OH is 1. The van der Waals surface area contributed by atoms with E-state index >= 15 is 0 Å². The van der Waals surface area contributed by atoms with Crippen molar-refractivity contribution in [3.05, 3.63) is 29.6 Å². The van der Waals surface area contributed by atoms with E-state index in [0.29, 0.717) is 25.2 Å². The number of carbonyl (C=O) groups excluding carboxylic acids is 2. The molecule has 1 atom stereocenters. The van der Waals surface area contributed by atoms with Crippen molar-refractivity contribution < 1.29 is 14.7 Å². The molecule has 0 aromatic carbocycles. The Kier molecular flexibility index (Phi) is 4.58. The van der Waals surface area contributed by atoms with Crippen LogP contribution in [0.25, 0.3) is 0 Å². The molecule has 1 spiro atoms. The number of rotatable bonds is 2. The Morgan fingerprint density at radius 1 is 1.28 bits per heavy atom. The predicted molar refractivity (Wildman–Crippen MR) is 94.0 cm³/mol. The van der Waals surface area contributed by atoms with Gasteiger partial charge in [-0.15, -0.1) is 0 Å². The number of nitrogens with zero attached hydrogens (tertiary/aromatic N) is 3. The number of hydrogen-bond acceptors (Lipinski definition) is 4. The highest BCUT2D eigenvalue weighted by Crippen LogP contribution is 2.48. The molecule has 2 aliphatic rings. The van der Waals surface area contributed by atoms with E-state index in [1.807, 2.05) is 35.8 Å². The third-order valence-electron chi connectivity index (χ3n) is 5.89. The van der Waals surface area contributed by atoms with Crippen LogP contribution in [0.4, 0.5) is 0 Å². The molecule has 25 heavy (non-hydrogen) atoms. The lowest BCUT2D eigenvalue weighted by Crippen LogP contribution is -2.46. The lowest BCUT2D eigenvalue weighted by Gasteiger charge is -2.39. The van der Waals surface area contributed by atoms with Gasteiger partial charge in [-0.3, -0.25) is 14.6 Å². The zero-order valence-electron chi connectivity index (χ0n) is 15.3. The first-order valence-corrected chi connectivity index (χ1v) is 8.90. The molecule has 0 saturated carbocycles. The largest absolute Gasteiger partial charge is 0.394 e. The molecule has 0 aliphatic carbocycles. The first-order chi connectivity index (χ1) is 11.8. The second-order valence-electron chi connectivity index (χ2n) is 7.92. The fraction of sp³-hybridized carbons (Fsp3) is 0.632. The molecular formula is C19H27N3O3. The van der Waals surface area contributed by atoms with Crippen LogP contribution in [0.2, 0.25) is 0 Å². The number of aliphatic hydroxyl groups is 1. The molecule has 1 aromatic rings. The summed E-state index contributed by atoms with van der Waals surface area (Å²) in [6.45, 7) is 7.44. The molecule has 3 rings (SSSR count). The van der Waals surface area contributed by atoms with Crippen molar-refractivity contribution >= 4 is 11.8 Å². The molecule has 1 aromatic heterocycles. The van der Waals surface area contributed by atoms with Crippen LogP contribution < -0.4 is 0 Å². The maximum absolute atomic E-state index is 12.7. The third kappa shape index (κ3) is 3.27. The van der Waals surface area contributed by atoms with Crippen LogP contribution in [0.5, 0.6) is 0 Å².